The molecular formula is C19H18F2N6O. The summed E-state index contributed by atoms with van der Waals surface area (Å²) in [6, 6.07) is 10.1. The highest BCUT2D eigenvalue weighted by molar-refractivity contribution is 5.95. The van der Waals surface area contributed by atoms with Crippen molar-refractivity contribution in [3.63, 3.8) is 0 Å². The summed E-state index contributed by atoms with van der Waals surface area (Å²) in [5.41, 5.74) is 1.58. The highest BCUT2D eigenvalue weighted by Gasteiger charge is 2.31. The Morgan fingerprint density at radius 2 is 2.11 bits per heavy atom. The van der Waals surface area contributed by atoms with Gasteiger partial charge in [0.25, 0.3) is 0 Å². The minimum Gasteiger partial charge on any atom is -0.325 e. The summed E-state index contributed by atoms with van der Waals surface area (Å²) < 4.78 is 28.9. The molecule has 0 unspecified atom stereocenters. The van der Waals surface area contributed by atoms with E-state index in [1.165, 1.54) is 17.1 Å². The van der Waals surface area contributed by atoms with Crippen molar-refractivity contribution in [2.24, 2.45) is 0 Å². The van der Waals surface area contributed by atoms with Gasteiger partial charge in [-0.25, -0.2) is 13.5 Å². The monoisotopic (exact) mass is 384 g/mol. The van der Waals surface area contributed by atoms with E-state index in [0.717, 1.165) is 18.6 Å². The molecule has 0 spiro atoms. The lowest BCUT2D eigenvalue weighted by atomic mass is 10.1. The molecule has 7 nitrogen and oxygen atoms in total. The Hall–Kier alpha value is -3.20. The van der Waals surface area contributed by atoms with E-state index in [-0.39, 0.29) is 18.0 Å². The van der Waals surface area contributed by atoms with Gasteiger partial charge in [-0.15, -0.1) is 5.10 Å². The lowest BCUT2D eigenvalue weighted by Crippen LogP contribution is -2.39. The summed E-state index contributed by atoms with van der Waals surface area (Å²) >= 11 is 0. The minimum absolute atomic E-state index is 0.178. The van der Waals surface area contributed by atoms with Crippen LogP contribution in [0.15, 0.2) is 48.8 Å². The van der Waals surface area contributed by atoms with E-state index < -0.39 is 17.7 Å². The van der Waals surface area contributed by atoms with Crippen LogP contribution >= 0.6 is 0 Å². The van der Waals surface area contributed by atoms with Gasteiger partial charge in [0.15, 0.2) is 0 Å². The molecule has 9 heteroatoms. The third-order valence-corrected chi connectivity index (χ3v) is 4.77. The molecule has 2 aromatic carbocycles. The number of anilines is 1. The van der Waals surface area contributed by atoms with Gasteiger partial charge in [-0.1, -0.05) is 6.07 Å². The number of aromatic nitrogens is 4. The number of tetrazole rings is 1. The number of hydrogen-bond donors (Lipinski definition) is 1. The first-order chi connectivity index (χ1) is 13.6. The third kappa shape index (κ3) is 3.89. The number of carbonyl (C=O) groups is 1. The van der Waals surface area contributed by atoms with Crippen molar-refractivity contribution in [3.8, 4) is 5.69 Å². The Bertz CT molecular complexity index is 978. The molecule has 1 saturated heterocycles. The Balaban J connectivity index is 1.47. The molecule has 3 aromatic rings. The van der Waals surface area contributed by atoms with Crippen molar-refractivity contribution in [1.29, 1.82) is 0 Å². The second-order valence-electron chi connectivity index (χ2n) is 6.66. The zero-order chi connectivity index (χ0) is 19.5. The van der Waals surface area contributed by atoms with Gasteiger partial charge in [0.1, 0.15) is 18.0 Å². The van der Waals surface area contributed by atoms with Crippen LogP contribution in [0.3, 0.4) is 0 Å². The van der Waals surface area contributed by atoms with Gasteiger partial charge in [-0.3, -0.25) is 9.69 Å². The smallest absolute Gasteiger partial charge is 0.241 e. The zero-order valence-corrected chi connectivity index (χ0v) is 14.9. The summed E-state index contributed by atoms with van der Waals surface area (Å²) in [4.78, 5) is 14.7. The van der Waals surface area contributed by atoms with Gasteiger partial charge in [0.05, 0.1) is 11.7 Å². The number of benzene rings is 2. The molecular weight excluding hydrogens is 366 g/mol. The van der Waals surface area contributed by atoms with Gasteiger partial charge in [0.2, 0.25) is 5.91 Å². The number of halogens is 2. The van der Waals surface area contributed by atoms with Crippen molar-refractivity contribution in [1.82, 2.24) is 25.1 Å². The van der Waals surface area contributed by atoms with Crippen LogP contribution in [0.5, 0.6) is 0 Å². The van der Waals surface area contributed by atoms with Gasteiger partial charge < -0.3 is 5.32 Å². The maximum Gasteiger partial charge on any atom is 0.241 e. The number of carbonyl (C=O) groups excluding carboxylic acids is 1. The lowest BCUT2D eigenvalue weighted by molar-refractivity contribution is -0.120. The number of likely N-dealkylation sites (tertiary alicyclic amines) is 1. The van der Waals surface area contributed by atoms with E-state index in [9.17, 15) is 13.6 Å². The van der Waals surface area contributed by atoms with Crippen LogP contribution in [0.2, 0.25) is 0 Å². The number of nitrogens with zero attached hydrogens (tertiary/aromatic N) is 5. The van der Waals surface area contributed by atoms with Crippen molar-refractivity contribution in [2.75, 3.05) is 11.9 Å². The average Bonchev–Trinajstić information content (AvgIpc) is 3.37. The molecule has 0 bridgehead atoms. The van der Waals surface area contributed by atoms with Crippen LogP contribution in [0.25, 0.3) is 5.69 Å². The number of rotatable bonds is 5. The van der Waals surface area contributed by atoms with E-state index in [2.05, 4.69) is 20.8 Å². The summed E-state index contributed by atoms with van der Waals surface area (Å²) in [6.07, 6.45) is 2.95. The molecule has 0 saturated carbocycles. The van der Waals surface area contributed by atoms with Gasteiger partial charge >= 0.3 is 0 Å². The van der Waals surface area contributed by atoms with Gasteiger partial charge in [-0.2, -0.15) is 0 Å². The summed E-state index contributed by atoms with van der Waals surface area (Å²) in [5.74, 6) is -1.14. The van der Waals surface area contributed by atoms with Gasteiger partial charge in [-0.05, 0) is 66.2 Å². The summed E-state index contributed by atoms with van der Waals surface area (Å²) in [6.45, 7) is 0.838. The second-order valence-corrected chi connectivity index (χ2v) is 6.66. The highest BCUT2D eigenvalue weighted by atomic mass is 19.1. The Labute approximate surface area is 160 Å². The fraction of sp³-hybridized carbons (Fsp3) is 0.263. The van der Waals surface area contributed by atoms with Crippen molar-refractivity contribution >= 4 is 11.6 Å². The minimum atomic E-state index is -0.490. The standard InChI is InChI=1S/C19H18F2N6O/c20-14-6-7-17(21)13(9-14)11-26-8-2-5-18(26)19(28)23-15-3-1-4-16(10-15)27-12-22-24-25-27/h1,3-4,6-7,9-10,12,18H,2,5,8,11H2,(H,23,28)/t18-/m1/s1. The van der Waals surface area contributed by atoms with E-state index in [1.807, 2.05) is 11.0 Å². The summed E-state index contributed by atoms with van der Waals surface area (Å²) in [7, 11) is 0. The number of nitrogens with one attached hydrogen (secondary N) is 1. The van der Waals surface area contributed by atoms with Gasteiger partial charge in [0, 0.05) is 17.8 Å². The first-order valence-corrected chi connectivity index (χ1v) is 8.92. The molecule has 144 valence electrons. The van der Waals surface area contributed by atoms with Crippen molar-refractivity contribution in [2.45, 2.75) is 25.4 Å². The molecule has 28 heavy (non-hydrogen) atoms. The molecule has 1 atom stereocenters. The first-order valence-electron chi connectivity index (χ1n) is 8.92. The average molecular weight is 384 g/mol. The van der Waals surface area contributed by atoms with E-state index >= 15 is 0 Å². The SMILES string of the molecule is O=C(Nc1cccc(-n2cnnn2)c1)[C@H]1CCCN1Cc1cc(F)ccc1F. The number of amides is 1. The largest absolute Gasteiger partial charge is 0.325 e. The van der Waals surface area contributed by atoms with Crippen molar-refractivity contribution in [3.05, 3.63) is 66.0 Å². The first kappa shape index (κ1) is 18.2. The fourth-order valence-corrected chi connectivity index (χ4v) is 3.43. The molecule has 1 N–H and O–H groups in total. The fourth-order valence-electron chi connectivity index (χ4n) is 3.43. The van der Waals surface area contributed by atoms with E-state index in [0.29, 0.717) is 24.3 Å². The third-order valence-electron chi connectivity index (χ3n) is 4.77. The van der Waals surface area contributed by atoms with Crippen LogP contribution in [-0.2, 0) is 11.3 Å². The van der Waals surface area contributed by atoms with E-state index in [4.69, 9.17) is 0 Å². The molecule has 1 amide bonds. The molecule has 1 aliphatic heterocycles. The van der Waals surface area contributed by atoms with Crippen LogP contribution < -0.4 is 5.32 Å². The van der Waals surface area contributed by atoms with Crippen LogP contribution in [0.4, 0.5) is 14.5 Å². The van der Waals surface area contributed by atoms with Crippen LogP contribution in [-0.4, -0.2) is 43.6 Å². The number of hydrogen-bond acceptors (Lipinski definition) is 5. The molecule has 1 fully saturated rings. The quantitative estimate of drug-likeness (QED) is 0.732. The predicted molar refractivity (Wildman–Crippen MR) is 97.6 cm³/mol. The molecule has 1 aromatic heterocycles. The maximum absolute atomic E-state index is 14.0. The Kier molecular flexibility index (Phi) is 5.07. The van der Waals surface area contributed by atoms with Crippen molar-refractivity contribution < 1.29 is 13.6 Å². The molecule has 4 rings (SSSR count). The Morgan fingerprint density at radius 3 is 2.93 bits per heavy atom. The Morgan fingerprint density at radius 1 is 1.21 bits per heavy atom. The molecule has 0 aliphatic carbocycles. The van der Waals surface area contributed by atoms with Crippen LogP contribution in [0, 0.1) is 11.6 Å². The molecule has 2 heterocycles. The van der Waals surface area contributed by atoms with E-state index in [1.54, 1.807) is 18.2 Å². The highest BCUT2D eigenvalue weighted by Crippen LogP contribution is 2.23. The zero-order valence-electron chi connectivity index (χ0n) is 14.9. The molecule has 0 radical (unpaired) electrons. The predicted octanol–water partition coefficient (Wildman–Crippen LogP) is 2.54. The topological polar surface area (TPSA) is 75.9 Å². The van der Waals surface area contributed by atoms with Crippen LogP contribution in [0.1, 0.15) is 18.4 Å². The molecule has 1 aliphatic rings. The normalized spacial score (nSPS) is 17.0. The maximum atomic E-state index is 14.0. The summed E-state index contributed by atoms with van der Waals surface area (Å²) in [5, 5.41) is 13.9. The second kappa shape index (κ2) is 7.81. The lowest BCUT2D eigenvalue weighted by Gasteiger charge is -2.24.